The number of halogens is 1. The van der Waals surface area contributed by atoms with Crippen molar-refractivity contribution in [2.75, 3.05) is 77.6 Å². The minimum atomic E-state index is -1.15. The Labute approximate surface area is 455 Å². The van der Waals surface area contributed by atoms with E-state index in [-0.39, 0.29) is 105 Å². The normalized spacial score (nSPS) is 22.8. The lowest BCUT2D eigenvalue weighted by Gasteiger charge is -2.55. The van der Waals surface area contributed by atoms with E-state index < -0.39 is 28.7 Å². The van der Waals surface area contributed by atoms with E-state index >= 15 is 0 Å². The highest BCUT2D eigenvalue weighted by Gasteiger charge is 2.67. The molecular formula is C61H73FN6O10. The molecule has 17 heteroatoms. The third kappa shape index (κ3) is 11.9. The molecule has 3 fully saturated rings. The maximum absolute atomic E-state index is 15.0. The molecule has 0 bridgehead atoms. The number of unbranched alkanes of at least 4 members (excludes halogenated alkanes) is 2. The van der Waals surface area contributed by atoms with Gasteiger partial charge in [-0.15, -0.1) is 0 Å². The van der Waals surface area contributed by atoms with Gasteiger partial charge >= 0.3 is 5.97 Å². The Balaban J connectivity index is 0.646. The van der Waals surface area contributed by atoms with Crippen molar-refractivity contribution in [2.24, 2.45) is 17.3 Å². The molecule has 0 unspecified atom stereocenters. The molecule has 16 nitrogen and oxygen atoms in total. The molecule has 1 aromatic heterocycles. The maximum atomic E-state index is 15.0. The van der Waals surface area contributed by atoms with E-state index in [2.05, 4.69) is 58.7 Å². The number of anilines is 1. The highest BCUT2D eigenvalue weighted by molar-refractivity contribution is 5.95. The number of aromatic amines is 1. The van der Waals surface area contributed by atoms with Gasteiger partial charge in [-0.2, -0.15) is 5.10 Å². The number of Topliss-reactive ketones (excluding diaryl/α,β-unsaturated/α-hetero) is 1. The second-order valence-corrected chi connectivity index (χ2v) is 22.1. The number of amides is 3. The molecule has 5 atom stereocenters. The van der Waals surface area contributed by atoms with Crippen LogP contribution in [0.25, 0.3) is 10.8 Å². The fourth-order valence-electron chi connectivity index (χ4n) is 13.4. The quantitative estimate of drug-likeness (QED) is 0.0614. The predicted molar refractivity (Wildman–Crippen MR) is 292 cm³/mol. The number of hydrogen-bond acceptors (Lipinski definition) is 12. The van der Waals surface area contributed by atoms with Crippen LogP contribution in [0.3, 0.4) is 0 Å². The van der Waals surface area contributed by atoms with E-state index in [1.54, 1.807) is 36.1 Å². The first-order chi connectivity index (χ1) is 37.6. The Kier molecular flexibility index (Phi) is 17.5. The SMILES string of the molecule is CC(=O)O[C@]1(C(C)=O)CC[C@H]2[C@@H]3CCC4=CC(=O)CCC4=C3[C@@H](c3ccc(N(C)CCCCCC(=O)NCCOCCOCC(=O)N4CCN(C(=O)c5cc(Cc6n[nH]c(=O)c7ccccc67)ccc5F)CC4)cc3)C[C@@]21C. The summed E-state index contributed by atoms with van der Waals surface area (Å²) in [7, 11) is 2.08. The fraction of sp³-hybridized carbons (Fsp3) is 0.508. The molecule has 1 saturated heterocycles. The molecule has 78 heavy (non-hydrogen) atoms. The van der Waals surface area contributed by atoms with Crippen LogP contribution in [-0.2, 0) is 44.6 Å². The Morgan fingerprint density at radius 2 is 1.60 bits per heavy atom. The second kappa shape index (κ2) is 24.4. The third-order valence-electron chi connectivity index (χ3n) is 17.4. The number of allylic oxidation sites excluding steroid dienone is 4. The maximum Gasteiger partial charge on any atom is 0.303 e. The molecule has 2 heterocycles. The number of fused-ring (bicyclic) bond motifs is 5. The summed E-state index contributed by atoms with van der Waals surface area (Å²) in [6.45, 7) is 8.01. The number of ketones is 2. The summed E-state index contributed by atoms with van der Waals surface area (Å²) in [6, 6.07) is 20.2. The number of piperazine rings is 1. The summed E-state index contributed by atoms with van der Waals surface area (Å²) in [5.41, 5.74) is 5.42. The van der Waals surface area contributed by atoms with Crippen LogP contribution >= 0.6 is 0 Å². The van der Waals surface area contributed by atoms with Gasteiger partial charge in [0.1, 0.15) is 12.4 Å². The van der Waals surface area contributed by atoms with Gasteiger partial charge in [0.15, 0.2) is 17.2 Å². The number of hydrogen-bond donors (Lipinski definition) is 2. The van der Waals surface area contributed by atoms with Gasteiger partial charge in [-0.25, -0.2) is 9.49 Å². The topological polar surface area (TPSA) is 198 Å². The minimum absolute atomic E-state index is 0.0310. The summed E-state index contributed by atoms with van der Waals surface area (Å²) < 4.78 is 32.3. The summed E-state index contributed by atoms with van der Waals surface area (Å²) in [5.74, 6) is -1.17. The second-order valence-electron chi connectivity index (χ2n) is 22.1. The lowest BCUT2D eigenvalue weighted by atomic mass is 9.50. The molecular weight excluding hydrogens is 996 g/mol. The number of H-pyrrole nitrogens is 1. The number of nitrogens with one attached hydrogen (secondary N) is 2. The third-order valence-corrected chi connectivity index (χ3v) is 17.4. The lowest BCUT2D eigenvalue weighted by molar-refractivity contribution is -0.182. The average Bonchev–Trinajstić information content (AvgIpc) is 3.74. The number of carbonyl (C=O) groups is 6. The summed E-state index contributed by atoms with van der Waals surface area (Å²) in [6.07, 6.45) is 10.2. The Hall–Kier alpha value is -6.85. The van der Waals surface area contributed by atoms with Gasteiger partial charge < -0.3 is 34.2 Å². The van der Waals surface area contributed by atoms with E-state index in [0.29, 0.717) is 60.9 Å². The van der Waals surface area contributed by atoms with Crippen molar-refractivity contribution in [1.82, 2.24) is 25.3 Å². The van der Waals surface area contributed by atoms with E-state index in [0.717, 1.165) is 57.2 Å². The van der Waals surface area contributed by atoms with Crippen molar-refractivity contribution in [3.8, 4) is 0 Å². The van der Waals surface area contributed by atoms with Crippen LogP contribution in [0.4, 0.5) is 10.1 Å². The Bertz CT molecular complexity index is 3050. The van der Waals surface area contributed by atoms with Crippen molar-refractivity contribution >= 4 is 51.7 Å². The Morgan fingerprint density at radius 1 is 0.859 bits per heavy atom. The average molecular weight is 1070 g/mol. The lowest BCUT2D eigenvalue weighted by Crippen LogP contribution is -2.57. The smallest absolute Gasteiger partial charge is 0.303 e. The molecule has 2 N–H and O–H groups in total. The molecule has 5 aliphatic rings. The molecule has 1 aliphatic heterocycles. The van der Waals surface area contributed by atoms with Gasteiger partial charge in [0, 0.05) is 94.9 Å². The van der Waals surface area contributed by atoms with Crippen LogP contribution in [0.5, 0.6) is 0 Å². The molecule has 4 aliphatic carbocycles. The van der Waals surface area contributed by atoms with Crippen molar-refractivity contribution in [3.05, 3.63) is 128 Å². The zero-order valence-electron chi connectivity index (χ0n) is 45.5. The molecule has 3 aromatic carbocycles. The number of rotatable bonds is 21. The first kappa shape index (κ1) is 55.9. The van der Waals surface area contributed by atoms with Crippen LogP contribution in [0.2, 0.25) is 0 Å². The van der Waals surface area contributed by atoms with Crippen molar-refractivity contribution in [2.45, 2.75) is 109 Å². The highest BCUT2D eigenvalue weighted by atomic mass is 19.1. The first-order valence-electron chi connectivity index (χ1n) is 27.8. The summed E-state index contributed by atoms with van der Waals surface area (Å²) in [5, 5.41) is 10.8. The fourth-order valence-corrected chi connectivity index (χ4v) is 13.4. The number of esters is 1. The molecule has 414 valence electrons. The van der Waals surface area contributed by atoms with Crippen molar-refractivity contribution < 1.29 is 47.4 Å². The number of nitrogens with zero attached hydrogens (tertiary/aromatic N) is 4. The van der Waals surface area contributed by atoms with Gasteiger partial charge in [0.25, 0.3) is 11.5 Å². The van der Waals surface area contributed by atoms with Crippen LogP contribution in [0, 0.1) is 23.1 Å². The summed E-state index contributed by atoms with van der Waals surface area (Å²) >= 11 is 0. The van der Waals surface area contributed by atoms with Crippen molar-refractivity contribution in [1.29, 1.82) is 0 Å². The number of carbonyl (C=O) groups excluding carboxylic acids is 6. The zero-order chi connectivity index (χ0) is 55.1. The van der Waals surface area contributed by atoms with E-state index in [4.69, 9.17) is 14.2 Å². The van der Waals surface area contributed by atoms with Crippen LogP contribution in [-0.4, -0.2) is 134 Å². The van der Waals surface area contributed by atoms with Gasteiger partial charge in [-0.3, -0.25) is 33.6 Å². The molecule has 3 amide bonds. The molecule has 4 aromatic rings. The Morgan fingerprint density at radius 3 is 2.36 bits per heavy atom. The monoisotopic (exact) mass is 1070 g/mol. The molecule has 0 spiro atoms. The summed E-state index contributed by atoms with van der Waals surface area (Å²) in [4.78, 5) is 95.1. The van der Waals surface area contributed by atoms with Crippen molar-refractivity contribution in [3.63, 3.8) is 0 Å². The van der Waals surface area contributed by atoms with Gasteiger partial charge in [-0.1, -0.05) is 55.3 Å². The van der Waals surface area contributed by atoms with Gasteiger partial charge in [-0.05, 0) is 129 Å². The van der Waals surface area contributed by atoms with Crippen LogP contribution in [0.1, 0.15) is 124 Å². The van der Waals surface area contributed by atoms with E-state index in [9.17, 15) is 38.0 Å². The standard InChI is InChI=1S/C61H73FN6O10/c1-39(69)61(78-40(2)70)24-23-52-49-20-16-43-36-45(71)19-21-46(43)57(49)51(37-60(52,61)3)42-14-17-44(18-15-42)66(4)26-9-5-6-12-55(72)63-25-31-76-32-33-77-38-56(73)67-27-29-68(30-28-67)59(75)50-34-41(13-22-53(50)62)35-54-47-10-7-8-11-48(47)58(74)65-64-54/h7-8,10-11,13-15,17-18,22,34,36,49,51-52H,5-6,9,12,16,19-21,23-33,35,37-38H2,1-4H3,(H,63,72)(H,65,74)/t49-,51+,52-,60-,61-/m0/s1. The van der Waals surface area contributed by atoms with E-state index in [1.165, 1.54) is 46.2 Å². The highest BCUT2D eigenvalue weighted by Crippen LogP contribution is 2.68. The van der Waals surface area contributed by atoms with Crippen LogP contribution in [0.15, 0.2) is 94.3 Å². The first-order valence-corrected chi connectivity index (χ1v) is 27.8. The largest absolute Gasteiger partial charge is 0.451 e. The van der Waals surface area contributed by atoms with E-state index in [1.807, 2.05) is 12.1 Å². The predicted octanol–water partition coefficient (Wildman–Crippen LogP) is 7.57. The zero-order valence-corrected chi connectivity index (χ0v) is 45.5. The minimum Gasteiger partial charge on any atom is -0.451 e. The van der Waals surface area contributed by atoms with Gasteiger partial charge in [0.2, 0.25) is 11.8 Å². The number of ether oxygens (including phenoxy) is 3. The van der Waals surface area contributed by atoms with Gasteiger partial charge in [0.05, 0.1) is 36.5 Å². The van der Waals surface area contributed by atoms with Crippen LogP contribution < -0.4 is 15.8 Å². The number of benzene rings is 3. The molecule has 0 radical (unpaired) electrons. The number of aromatic nitrogens is 2. The molecule has 2 saturated carbocycles. The molecule has 9 rings (SSSR count).